The molecule has 0 fully saturated rings. The van der Waals surface area contributed by atoms with Crippen molar-refractivity contribution in [3.63, 3.8) is 0 Å². The molecule has 0 radical (unpaired) electrons. The number of benzene rings is 2. The minimum Gasteiger partial charge on any atom is -0.394 e. The standard InChI is InChI=1S/C24H28N6O/c1-16(2)30-15-25-20-21(27-23(28-22(20)30)29-24(3,4)14-31)26-19-12-10-18(11-13-19)17-8-6-5-7-9-17/h5-13,15-16,31H,14H2,1-4H3,(H2,26,27,28,29). The maximum atomic E-state index is 9.64. The molecule has 4 rings (SSSR count). The first-order valence-corrected chi connectivity index (χ1v) is 10.4. The number of hydrogen-bond donors (Lipinski definition) is 3. The highest BCUT2D eigenvalue weighted by Crippen LogP contribution is 2.28. The number of aliphatic hydroxyl groups is 1. The third kappa shape index (κ3) is 4.51. The molecule has 0 aliphatic heterocycles. The third-order valence-corrected chi connectivity index (χ3v) is 5.08. The molecule has 0 bridgehead atoms. The summed E-state index contributed by atoms with van der Waals surface area (Å²) in [4.78, 5) is 13.9. The summed E-state index contributed by atoms with van der Waals surface area (Å²) in [5.41, 5.74) is 4.12. The Bertz CT molecular complexity index is 1170. The second-order valence-corrected chi connectivity index (χ2v) is 8.55. The summed E-state index contributed by atoms with van der Waals surface area (Å²) in [6.45, 7) is 7.93. The number of anilines is 3. The van der Waals surface area contributed by atoms with Gasteiger partial charge in [-0.25, -0.2) is 4.98 Å². The highest BCUT2D eigenvalue weighted by Gasteiger charge is 2.21. The van der Waals surface area contributed by atoms with Gasteiger partial charge in [-0.15, -0.1) is 0 Å². The summed E-state index contributed by atoms with van der Waals surface area (Å²) in [5, 5.41) is 16.3. The van der Waals surface area contributed by atoms with Crippen LogP contribution in [0.25, 0.3) is 22.3 Å². The number of nitrogens with zero attached hydrogens (tertiary/aromatic N) is 4. The van der Waals surface area contributed by atoms with Crippen molar-refractivity contribution in [3.8, 4) is 11.1 Å². The van der Waals surface area contributed by atoms with E-state index < -0.39 is 5.54 Å². The first-order valence-electron chi connectivity index (χ1n) is 10.4. The maximum absolute atomic E-state index is 9.64. The fourth-order valence-electron chi connectivity index (χ4n) is 3.29. The van der Waals surface area contributed by atoms with Gasteiger partial charge in [0.15, 0.2) is 17.0 Å². The monoisotopic (exact) mass is 416 g/mol. The molecule has 31 heavy (non-hydrogen) atoms. The average Bonchev–Trinajstić information content (AvgIpc) is 3.19. The van der Waals surface area contributed by atoms with Gasteiger partial charge < -0.3 is 20.3 Å². The number of hydrogen-bond acceptors (Lipinski definition) is 6. The Kier molecular flexibility index (Phi) is 5.61. The summed E-state index contributed by atoms with van der Waals surface area (Å²) >= 11 is 0. The normalized spacial score (nSPS) is 11.8. The van der Waals surface area contributed by atoms with Crippen LogP contribution in [0.3, 0.4) is 0 Å². The minimum atomic E-state index is -0.551. The second-order valence-electron chi connectivity index (χ2n) is 8.55. The Hall–Kier alpha value is -3.45. The number of aromatic nitrogens is 4. The average molecular weight is 417 g/mol. The van der Waals surface area contributed by atoms with Crippen LogP contribution in [0, 0.1) is 0 Å². The van der Waals surface area contributed by atoms with E-state index in [0.29, 0.717) is 17.3 Å². The van der Waals surface area contributed by atoms with Crippen LogP contribution in [0.2, 0.25) is 0 Å². The van der Waals surface area contributed by atoms with Crippen molar-refractivity contribution >= 4 is 28.6 Å². The third-order valence-electron chi connectivity index (χ3n) is 5.08. The van der Waals surface area contributed by atoms with Crippen LogP contribution < -0.4 is 10.6 Å². The van der Waals surface area contributed by atoms with E-state index in [-0.39, 0.29) is 12.6 Å². The minimum absolute atomic E-state index is 0.0401. The molecule has 2 heterocycles. The van der Waals surface area contributed by atoms with E-state index in [0.717, 1.165) is 16.9 Å². The fourth-order valence-corrected chi connectivity index (χ4v) is 3.29. The fraction of sp³-hybridized carbons (Fsp3) is 0.292. The van der Waals surface area contributed by atoms with Crippen molar-refractivity contribution in [2.24, 2.45) is 0 Å². The van der Waals surface area contributed by atoms with Crippen molar-refractivity contribution in [1.82, 2.24) is 19.5 Å². The first-order chi connectivity index (χ1) is 14.9. The van der Waals surface area contributed by atoms with Crippen LogP contribution in [-0.4, -0.2) is 36.8 Å². The Morgan fingerprint density at radius 2 is 1.65 bits per heavy atom. The molecular formula is C24H28N6O. The zero-order chi connectivity index (χ0) is 22.0. The molecule has 0 amide bonds. The van der Waals surface area contributed by atoms with E-state index in [9.17, 15) is 5.11 Å². The van der Waals surface area contributed by atoms with Gasteiger partial charge in [0.05, 0.1) is 18.5 Å². The molecule has 0 saturated carbocycles. The molecule has 3 N–H and O–H groups in total. The molecule has 0 aliphatic carbocycles. The lowest BCUT2D eigenvalue weighted by molar-refractivity contribution is 0.233. The van der Waals surface area contributed by atoms with Crippen molar-refractivity contribution < 1.29 is 5.11 Å². The Morgan fingerprint density at radius 3 is 2.29 bits per heavy atom. The zero-order valence-electron chi connectivity index (χ0n) is 18.3. The highest BCUT2D eigenvalue weighted by atomic mass is 16.3. The van der Waals surface area contributed by atoms with E-state index in [4.69, 9.17) is 0 Å². The Labute approximate surface area is 182 Å². The van der Waals surface area contributed by atoms with E-state index in [2.05, 4.69) is 63.7 Å². The van der Waals surface area contributed by atoms with Crippen LogP contribution in [-0.2, 0) is 0 Å². The lowest BCUT2D eigenvalue weighted by Crippen LogP contribution is -2.35. The van der Waals surface area contributed by atoms with Crippen LogP contribution in [0.15, 0.2) is 60.9 Å². The molecule has 2 aromatic heterocycles. The number of nitrogens with one attached hydrogen (secondary N) is 2. The number of aliphatic hydroxyl groups excluding tert-OH is 1. The second kappa shape index (κ2) is 8.35. The number of rotatable bonds is 7. The predicted octanol–water partition coefficient (Wildman–Crippen LogP) is 5.00. The van der Waals surface area contributed by atoms with Crippen molar-refractivity contribution in [1.29, 1.82) is 0 Å². The van der Waals surface area contributed by atoms with E-state index >= 15 is 0 Å². The lowest BCUT2D eigenvalue weighted by atomic mass is 10.1. The number of imidazole rings is 1. The van der Waals surface area contributed by atoms with Crippen LogP contribution >= 0.6 is 0 Å². The van der Waals surface area contributed by atoms with E-state index in [1.165, 1.54) is 5.56 Å². The van der Waals surface area contributed by atoms with Crippen LogP contribution in [0.5, 0.6) is 0 Å². The van der Waals surface area contributed by atoms with Gasteiger partial charge in [0.2, 0.25) is 5.95 Å². The van der Waals surface area contributed by atoms with Gasteiger partial charge >= 0.3 is 0 Å². The summed E-state index contributed by atoms with van der Waals surface area (Å²) in [5.74, 6) is 1.06. The Morgan fingerprint density at radius 1 is 0.968 bits per heavy atom. The summed E-state index contributed by atoms with van der Waals surface area (Å²) in [7, 11) is 0. The van der Waals surface area contributed by atoms with Gasteiger partial charge in [-0.2, -0.15) is 9.97 Å². The first kappa shape index (κ1) is 20.8. The topological polar surface area (TPSA) is 87.9 Å². The largest absolute Gasteiger partial charge is 0.394 e. The molecule has 0 unspecified atom stereocenters. The molecule has 0 atom stereocenters. The molecule has 160 valence electrons. The van der Waals surface area contributed by atoms with Gasteiger partial charge in [-0.1, -0.05) is 42.5 Å². The molecule has 0 saturated heterocycles. The van der Waals surface area contributed by atoms with Gasteiger partial charge in [0.25, 0.3) is 0 Å². The Balaban J connectivity index is 1.70. The quantitative estimate of drug-likeness (QED) is 0.393. The molecule has 7 nitrogen and oxygen atoms in total. The van der Waals surface area contributed by atoms with Gasteiger partial charge in [-0.05, 0) is 51.0 Å². The predicted molar refractivity (Wildman–Crippen MR) is 126 cm³/mol. The van der Waals surface area contributed by atoms with Gasteiger partial charge in [0, 0.05) is 11.7 Å². The van der Waals surface area contributed by atoms with Crippen molar-refractivity contribution in [3.05, 3.63) is 60.9 Å². The van der Waals surface area contributed by atoms with Crippen molar-refractivity contribution in [2.45, 2.75) is 39.3 Å². The van der Waals surface area contributed by atoms with Gasteiger partial charge in [0.1, 0.15) is 0 Å². The van der Waals surface area contributed by atoms with Gasteiger partial charge in [-0.3, -0.25) is 0 Å². The lowest BCUT2D eigenvalue weighted by Gasteiger charge is -2.23. The maximum Gasteiger partial charge on any atom is 0.227 e. The molecule has 2 aromatic carbocycles. The zero-order valence-corrected chi connectivity index (χ0v) is 18.3. The van der Waals surface area contributed by atoms with Crippen LogP contribution in [0.4, 0.5) is 17.5 Å². The molecular weight excluding hydrogens is 388 g/mol. The SMILES string of the molecule is CC(C)n1cnc2c(Nc3ccc(-c4ccccc4)cc3)nc(NC(C)(C)CO)nc21. The molecule has 7 heteroatoms. The van der Waals surface area contributed by atoms with Crippen molar-refractivity contribution in [2.75, 3.05) is 17.2 Å². The van der Waals surface area contributed by atoms with E-state index in [1.807, 2.05) is 48.7 Å². The summed E-state index contributed by atoms with van der Waals surface area (Å²) in [6, 6.07) is 18.7. The number of fused-ring (bicyclic) bond motifs is 1. The summed E-state index contributed by atoms with van der Waals surface area (Å²) < 4.78 is 2.01. The highest BCUT2D eigenvalue weighted by molar-refractivity contribution is 5.87. The molecule has 4 aromatic rings. The smallest absolute Gasteiger partial charge is 0.227 e. The summed E-state index contributed by atoms with van der Waals surface area (Å²) in [6.07, 6.45) is 1.79. The molecule has 0 spiro atoms. The van der Waals surface area contributed by atoms with Crippen LogP contribution in [0.1, 0.15) is 33.7 Å². The molecule has 0 aliphatic rings. The van der Waals surface area contributed by atoms with E-state index in [1.54, 1.807) is 6.33 Å².